The number of nitrogens with zero attached hydrogens (tertiary/aromatic N) is 1. The van der Waals surface area contributed by atoms with Crippen LogP contribution in [-0.2, 0) is 26.0 Å². The first-order valence-electron chi connectivity index (χ1n) is 7.83. The molecular weight excluding hydrogens is 318 g/mol. The summed E-state index contributed by atoms with van der Waals surface area (Å²) in [6, 6.07) is 9.42. The Kier molecular flexibility index (Phi) is 4.44. The van der Waals surface area contributed by atoms with E-state index in [9.17, 15) is 18.3 Å². The van der Waals surface area contributed by atoms with Gasteiger partial charge >= 0.3 is 5.97 Å². The fourth-order valence-corrected chi connectivity index (χ4v) is 4.70. The third-order valence-electron chi connectivity index (χ3n) is 4.65. The second kappa shape index (κ2) is 6.22. The molecule has 126 valence electrons. The van der Waals surface area contributed by atoms with E-state index < -0.39 is 27.7 Å². The highest BCUT2D eigenvalue weighted by Crippen LogP contribution is 2.40. The Bertz CT molecular complexity index is 669. The standard InChI is InChI=1S/C16H21NO5S/c18-15(19)14-11-17(12-16(22-14)8-4-9-16)23(20,21)10-7-13-5-2-1-3-6-13/h1-3,5-6,14H,4,7-12H2,(H,18,19). The van der Waals surface area contributed by atoms with Crippen molar-refractivity contribution in [1.82, 2.24) is 4.31 Å². The van der Waals surface area contributed by atoms with Crippen LogP contribution in [0.4, 0.5) is 0 Å². The Hall–Kier alpha value is -1.44. The maximum absolute atomic E-state index is 12.6. The Morgan fingerprint density at radius 2 is 2.00 bits per heavy atom. The van der Waals surface area contributed by atoms with E-state index >= 15 is 0 Å². The molecular formula is C16H21NO5S. The molecule has 23 heavy (non-hydrogen) atoms. The van der Waals surface area contributed by atoms with Crippen molar-refractivity contribution < 1.29 is 23.1 Å². The summed E-state index contributed by atoms with van der Waals surface area (Å²) in [5, 5.41) is 9.24. The van der Waals surface area contributed by atoms with E-state index in [1.807, 2.05) is 30.3 Å². The quantitative estimate of drug-likeness (QED) is 0.873. The number of hydrogen-bond acceptors (Lipinski definition) is 4. The van der Waals surface area contributed by atoms with Crippen LogP contribution in [0.3, 0.4) is 0 Å². The molecule has 1 aromatic carbocycles. The molecule has 6 nitrogen and oxygen atoms in total. The van der Waals surface area contributed by atoms with Gasteiger partial charge in [0.25, 0.3) is 0 Å². The number of morpholine rings is 1. The van der Waals surface area contributed by atoms with Gasteiger partial charge in [0.2, 0.25) is 10.0 Å². The summed E-state index contributed by atoms with van der Waals surface area (Å²) < 4.78 is 32.2. The van der Waals surface area contributed by atoms with Gasteiger partial charge in [-0.05, 0) is 31.2 Å². The molecule has 1 atom stereocenters. The average molecular weight is 339 g/mol. The van der Waals surface area contributed by atoms with E-state index in [0.717, 1.165) is 24.8 Å². The molecule has 1 heterocycles. The van der Waals surface area contributed by atoms with Crippen LogP contribution in [0.25, 0.3) is 0 Å². The van der Waals surface area contributed by atoms with Crippen LogP contribution in [0.1, 0.15) is 24.8 Å². The fraction of sp³-hybridized carbons (Fsp3) is 0.562. The van der Waals surface area contributed by atoms with Gasteiger partial charge < -0.3 is 9.84 Å². The van der Waals surface area contributed by atoms with Gasteiger partial charge in [-0.3, -0.25) is 0 Å². The van der Waals surface area contributed by atoms with E-state index in [1.165, 1.54) is 4.31 Å². The predicted molar refractivity (Wildman–Crippen MR) is 84.6 cm³/mol. The number of aryl methyl sites for hydroxylation is 1. The smallest absolute Gasteiger partial charge is 0.334 e. The number of aliphatic carboxylic acids is 1. The van der Waals surface area contributed by atoms with Crippen LogP contribution in [0.15, 0.2) is 30.3 Å². The minimum absolute atomic E-state index is 0.0145. The number of carboxylic acids is 1. The maximum Gasteiger partial charge on any atom is 0.334 e. The summed E-state index contributed by atoms with van der Waals surface area (Å²) in [6.07, 6.45) is 1.74. The number of benzene rings is 1. The lowest BCUT2D eigenvalue weighted by atomic mass is 9.79. The maximum atomic E-state index is 12.6. The highest BCUT2D eigenvalue weighted by Gasteiger charge is 2.49. The molecule has 1 unspecified atom stereocenters. The van der Waals surface area contributed by atoms with Crippen molar-refractivity contribution in [3.05, 3.63) is 35.9 Å². The molecule has 3 rings (SSSR count). The van der Waals surface area contributed by atoms with Crippen molar-refractivity contribution in [2.24, 2.45) is 0 Å². The zero-order chi connectivity index (χ0) is 16.5. The predicted octanol–water partition coefficient (Wildman–Crippen LogP) is 1.27. The zero-order valence-corrected chi connectivity index (χ0v) is 13.7. The molecule has 1 N–H and O–H groups in total. The van der Waals surface area contributed by atoms with Crippen LogP contribution in [0, 0.1) is 0 Å². The van der Waals surface area contributed by atoms with Crippen molar-refractivity contribution >= 4 is 16.0 Å². The van der Waals surface area contributed by atoms with Gasteiger partial charge in [-0.25, -0.2) is 13.2 Å². The Morgan fingerprint density at radius 3 is 2.57 bits per heavy atom. The lowest BCUT2D eigenvalue weighted by Crippen LogP contribution is -2.62. The zero-order valence-electron chi connectivity index (χ0n) is 12.8. The molecule has 2 fully saturated rings. The first-order valence-corrected chi connectivity index (χ1v) is 9.44. The van der Waals surface area contributed by atoms with Crippen molar-refractivity contribution in [3.8, 4) is 0 Å². The molecule has 0 aromatic heterocycles. The highest BCUT2D eigenvalue weighted by molar-refractivity contribution is 7.89. The topological polar surface area (TPSA) is 83.9 Å². The largest absolute Gasteiger partial charge is 0.479 e. The van der Waals surface area contributed by atoms with E-state index in [4.69, 9.17) is 4.74 Å². The highest BCUT2D eigenvalue weighted by atomic mass is 32.2. The molecule has 1 saturated carbocycles. The first-order chi connectivity index (χ1) is 10.9. The lowest BCUT2D eigenvalue weighted by molar-refractivity contribution is -0.195. The Morgan fingerprint density at radius 1 is 1.30 bits per heavy atom. The van der Waals surface area contributed by atoms with Crippen LogP contribution in [0.5, 0.6) is 0 Å². The van der Waals surface area contributed by atoms with Crippen molar-refractivity contribution in [3.63, 3.8) is 0 Å². The van der Waals surface area contributed by atoms with E-state index in [-0.39, 0.29) is 18.8 Å². The number of hydrogen-bond donors (Lipinski definition) is 1. The fourth-order valence-electron chi connectivity index (χ4n) is 3.16. The van der Waals surface area contributed by atoms with Gasteiger partial charge in [0.05, 0.1) is 17.9 Å². The molecule has 0 bridgehead atoms. The van der Waals surface area contributed by atoms with Gasteiger partial charge in [-0.1, -0.05) is 30.3 Å². The molecule has 1 spiro atoms. The molecule has 1 saturated heterocycles. The van der Waals surface area contributed by atoms with E-state index in [2.05, 4.69) is 0 Å². The average Bonchev–Trinajstić information content (AvgIpc) is 2.52. The summed E-state index contributed by atoms with van der Waals surface area (Å²) >= 11 is 0. The van der Waals surface area contributed by atoms with Crippen LogP contribution < -0.4 is 0 Å². The Balaban J connectivity index is 1.71. The molecule has 2 aliphatic rings. The third kappa shape index (κ3) is 3.57. The van der Waals surface area contributed by atoms with Gasteiger partial charge in [-0.15, -0.1) is 0 Å². The van der Waals surface area contributed by atoms with E-state index in [0.29, 0.717) is 6.42 Å². The van der Waals surface area contributed by atoms with Gasteiger partial charge in [0.1, 0.15) is 0 Å². The van der Waals surface area contributed by atoms with Gasteiger partial charge in [0.15, 0.2) is 6.10 Å². The lowest BCUT2D eigenvalue weighted by Gasteiger charge is -2.49. The number of carbonyl (C=O) groups is 1. The van der Waals surface area contributed by atoms with Crippen LogP contribution in [-0.4, -0.2) is 54.3 Å². The normalized spacial score (nSPS) is 24.3. The Labute approximate surface area is 136 Å². The number of rotatable bonds is 5. The molecule has 0 amide bonds. The first kappa shape index (κ1) is 16.4. The summed E-state index contributed by atoms with van der Waals surface area (Å²) in [4.78, 5) is 11.3. The number of ether oxygens (including phenoxy) is 1. The van der Waals surface area contributed by atoms with Crippen molar-refractivity contribution in [2.45, 2.75) is 37.4 Å². The molecule has 0 radical (unpaired) electrons. The second-order valence-electron chi connectivity index (χ2n) is 6.33. The molecule has 7 heteroatoms. The van der Waals surface area contributed by atoms with Crippen molar-refractivity contribution in [1.29, 1.82) is 0 Å². The van der Waals surface area contributed by atoms with Gasteiger partial charge in [0, 0.05) is 6.54 Å². The van der Waals surface area contributed by atoms with Crippen LogP contribution >= 0.6 is 0 Å². The summed E-state index contributed by atoms with van der Waals surface area (Å²) in [5.41, 5.74) is 0.360. The van der Waals surface area contributed by atoms with Gasteiger partial charge in [-0.2, -0.15) is 4.31 Å². The second-order valence-corrected chi connectivity index (χ2v) is 8.41. The number of sulfonamides is 1. The SMILES string of the molecule is O=C(O)C1CN(S(=O)(=O)CCc2ccccc2)CC2(CCC2)O1. The summed E-state index contributed by atoms with van der Waals surface area (Å²) in [7, 11) is -3.51. The summed E-state index contributed by atoms with van der Waals surface area (Å²) in [5.74, 6) is -1.11. The monoisotopic (exact) mass is 339 g/mol. The molecule has 1 aromatic rings. The summed E-state index contributed by atoms with van der Waals surface area (Å²) in [6.45, 7) is 0.169. The number of carboxylic acid groups (broad SMARTS) is 1. The van der Waals surface area contributed by atoms with Crippen molar-refractivity contribution in [2.75, 3.05) is 18.8 Å². The third-order valence-corrected chi connectivity index (χ3v) is 6.44. The molecule has 1 aliphatic heterocycles. The van der Waals surface area contributed by atoms with Crippen LogP contribution in [0.2, 0.25) is 0 Å². The minimum atomic E-state index is -3.51. The minimum Gasteiger partial charge on any atom is -0.479 e. The molecule has 1 aliphatic carbocycles. The van der Waals surface area contributed by atoms with E-state index in [1.54, 1.807) is 0 Å².